The quantitative estimate of drug-likeness (QED) is 0.729. The number of pyridine rings is 1. The van der Waals surface area contributed by atoms with Crippen LogP contribution in [0, 0.1) is 0 Å². The maximum atomic E-state index is 12.3. The molecule has 1 amide bonds. The topological polar surface area (TPSA) is 45.2 Å². The lowest BCUT2D eigenvalue weighted by atomic mass is 10.2. The molecule has 0 unspecified atom stereocenters. The Kier molecular flexibility index (Phi) is 4.34. The minimum Gasteiger partial charge on any atom is -0.371 e. The molecule has 0 bridgehead atoms. The molecule has 4 heteroatoms. The van der Waals surface area contributed by atoms with Crippen molar-refractivity contribution in [3.63, 3.8) is 0 Å². The number of rotatable bonds is 5. The summed E-state index contributed by atoms with van der Waals surface area (Å²) in [6, 6.07) is 20.1. The van der Waals surface area contributed by atoms with E-state index in [0.717, 1.165) is 36.8 Å². The van der Waals surface area contributed by atoms with E-state index >= 15 is 0 Å². The first-order chi connectivity index (χ1) is 12.3. The zero-order chi connectivity index (χ0) is 17.1. The SMILES string of the molecule is O=C(NCCCN1CCc2ccccc21)c1ccc2ccccc2n1. The zero-order valence-corrected chi connectivity index (χ0v) is 14.1. The van der Waals surface area contributed by atoms with E-state index in [4.69, 9.17) is 0 Å². The number of anilines is 1. The lowest BCUT2D eigenvalue weighted by Crippen LogP contribution is -2.29. The van der Waals surface area contributed by atoms with Crippen molar-refractivity contribution in [2.45, 2.75) is 12.8 Å². The fourth-order valence-electron chi connectivity index (χ4n) is 3.39. The number of benzene rings is 2. The first-order valence-electron chi connectivity index (χ1n) is 8.78. The largest absolute Gasteiger partial charge is 0.371 e. The first kappa shape index (κ1) is 15.6. The van der Waals surface area contributed by atoms with E-state index in [1.807, 2.05) is 30.3 Å². The molecule has 0 spiro atoms. The smallest absolute Gasteiger partial charge is 0.269 e. The molecule has 2 heterocycles. The summed E-state index contributed by atoms with van der Waals surface area (Å²) in [5, 5.41) is 4.03. The van der Waals surface area contributed by atoms with Gasteiger partial charge in [-0.05, 0) is 36.6 Å². The van der Waals surface area contributed by atoms with Crippen LogP contribution < -0.4 is 10.2 Å². The van der Waals surface area contributed by atoms with E-state index in [0.29, 0.717) is 12.2 Å². The molecule has 0 aliphatic carbocycles. The van der Waals surface area contributed by atoms with E-state index in [-0.39, 0.29) is 5.91 Å². The maximum Gasteiger partial charge on any atom is 0.269 e. The minimum atomic E-state index is -0.104. The number of nitrogens with one attached hydrogen (secondary N) is 1. The Morgan fingerprint density at radius 3 is 2.84 bits per heavy atom. The fraction of sp³-hybridized carbons (Fsp3) is 0.238. The molecular formula is C21H21N3O. The molecule has 0 radical (unpaired) electrons. The molecule has 1 aliphatic rings. The number of carbonyl (C=O) groups excluding carboxylic acids is 1. The van der Waals surface area contributed by atoms with Crippen LogP contribution in [0.25, 0.3) is 10.9 Å². The van der Waals surface area contributed by atoms with Gasteiger partial charge in [0.25, 0.3) is 5.91 Å². The van der Waals surface area contributed by atoms with Crippen LogP contribution in [0.15, 0.2) is 60.7 Å². The highest BCUT2D eigenvalue weighted by Gasteiger charge is 2.17. The highest BCUT2D eigenvalue weighted by Crippen LogP contribution is 2.27. The van der Waals surface area contributed by atoms with Crippen LogP contribution in [0.1, 0.15) is 22.5 Å². The van der Waals surface area contributed by atoms with Gasteiger partial charge < -0.3 is 10.2 Å². The summed E-state index contributed by atoms with van der Waals surface area (Å²) in [4.78, 5) is 19.1. The number of para-hydroxylation sites is 2. The molecule has 1 N–H and O–H groups in total. The van der Waals surface area contributed by atoms with Gasteiger partial charge in [0.05, 0.1) is 5.52 Å². The number of hydrogen-bond donors (Lipinski definition) is 1. The zero-order valence-electron chi connectivity index (χ0n) is 14.1. The molecule has 1 aromatic heterocycles. The molecule has 2 aromatic carbocycles. The number of carbonyl (C=O) groups is 1. The van der Waals surface area contributed by atoms with Crippen molar-refractivity contribution in [2.24, 2.45) is 0 Å². The Bertz CT molecular complexity index is 906. The van der Waals surface area contributed by atoms with Gasteiger partial charge in [0.1, 0.15) is 5.69 Å². The summed E-state index contributed by atoms with van der Waals surface area (Å²) in [6.45, 7) is 2.69. The number of fused-ring (bicyclic) bond motifs is 2. The van der Waals surface area contributed by atoms with E-state index < -0.39 is 0 Å². The second-order valence-electron chi connectivity index (χ2n) is 6.36. The molecule has 0 atom stereocenters. The molecule has 0 saturated heterocycles. The number of hydrogen-bond acceptors (Lipinski definition) is 3. The van der Waals surface area contributed by atoms with Crippen LogP contribution in [-0.2, 0) is 6.42 Å². The molecule has 0 fully saturated rings. The third-order valence-electron chi connectivity index (χ3n) is 4.70. The minimum absolute atomic E-state index is 0.104. The second-order valence-corrected chi connectivity index (χ2v) is 6.36. The van der Waals surface area contributed by atoms with Crippen LogP contribution in [0.2, 0.25) is 0 Å². The predicted molar refractivity (Wildman–Crippen MR) is 101 cm³/mol. The van der Waals surface area contributed by atoms with Crippen molar-refractivity contribution < 1.29 is 4.79 Å². The molecule has 1 aliphatic heterocycles. The average Bonchev–Trinajstić information content (AvgIpc) is 3.08. The maximum absolute atomic E-state index is 12.3. The van der Waals surface area contributed by atoms with Gasteiger partial charge >= 0.3 is 0 Å². The van der Waals surface area contributed by atoms with Gasteiger partial charge in [0.15, 0.2) is 0 Å². The van der Waals surface area contributed by atoms with Gasteiger partial charge in [0.2, 0.25) is 0 Å². The van der Waals surface area contributed by atoms with Gasteiger partial charge in [-0.1, -0.05) is 42.5 Å². The lowest BCUT2D eigenvalue weighted by Gasteiger charge is -2.19. The highest BCUT2D eigenvalue weighted by atomic mass is 16.1. The van der Waals surface area contributed by atoms with Crippen molar-refractivity contribution in [3.05, 3.63) is 71.9 Å². The van der Waals surface area contributed by atoms with Gasteiger partial charge in [0, 0.05) is 30.7 Å². The van der Waals surface area contributed by atoms with Crippen molar-refractivity contribution >= 4 is 22.5 Å². The van der Waals surface area contributed by atoms with Gasteiger partial charge in [-0.25, -0.2) is 4.98 Å². The van der Waals surface area contributed by atoms with Gasteiger partial charge in [-0.2, -0.15) is 0 Å². The molecule has 4 nitrogen and oxygen atoms in total. The van der Waals surface area contributed by atoms with Crippen LogP contribution in [0.5, 0.6) is 0 Å². The summed E-state index contributed by atoms with van der Waals surface area (Å²) >= 11 is 0. The Morgan fingerprint density at radius 2 is 1.88 bits per heavy atom. The number of nitrogens with zero attached hydrogens (tertiary/aromatic N) is 2. The van der Waals surface area contributed by atoms with Crippen molar-refractivity contribution in [3.8, 4) is 0 Å². The lowest BCUT2D eigenvalue weighted by molar-refractivity contribution is 0.0949. The van der Waals surface area contributed by atoms with Crippen LogP contribution in [-0.4, -0.2) is 30.5 Å². The summed E-state index contributed by atoms with van der Waals surface area (Å²) in [5.41, 5.74) is 4.09. The highest BCUT2D eigenvalue weighted by molar-refractivity contribution is 5.94. The number of aromatic nitrogens is 1. The second kappa shape index (κ2) is 6.93. The summed E-state index contributed by atoms with van der Waals surface area (Å²) in [5.74, 6) is -0.104. The molecule has 126 valence electrons. The third-order valence-corrected chi connectivity index (χ3v) is 4.70. The van der Waals surface area contributed by atoms with Crippen LogP contribution in [0.3, 0.4) is 0 Å². The third kappa shape index (κ3) is 3.33. The Labute approximate surface area is 147 Å². The normalized spacial score (nSPS) is 13.0. The molecule has 3 aromatic rings. The van der Waals surface area contributed by atoms with Crippen LogP contribution in [0.4, 0.5) is 5.69 Å². The predicted octanol–water partition coefficient (Wildman–Crippen LogP) is 3.42. The molecule has 0 saturated carbocycles. The van der Waals surface area contributed by atoms with Crippen molar-refractivity contribution in [1.29, 1.82) is 0 Å². The summed E-state index contributed by atoms with van der Waals surface area (Å²) < 4.78 is 0. The average molecular weight is 331 g/mol. The first-order valence-corrected chi connectivity index (χ1v) is 8.78. The molecular weight excluding hydrogens is 310 g/mol. The van der Waals surface area contributed by atoms with Crippen LogP contribution >= 0.6 is 0 Å². The monoisotopic (exact) mass is 331 g/mol. The molecule has 25 heavy (non-hydrogen) atoms. The van der Waals surface area contributed by atoms with E-state index in [9.17, 15) is 4.79 Å². The van der Waals surface area contributed by atoms with Crippen molar-refractivity contribution in [2.75, 3.05) is 24.5 Å². The summed E-state index contributed by atoms with van der Waals surface area (Å²) in [7, 11) is 0. The van der Waals surface area contributed by atoms with E-state index in [1.165, 1.54) is 11.3 Å². The number of amides is 1. The van der Waals surface area contributed by atoms with E-state index in [2.05, 4.69) is 39.5 Å². The summed E-state index contributed by atoms with van der Waals surface area (Å²) in [6.07, 6.45) is 2.04. The van der Waals surface area contributed by atoms with Crippen molar-refractivity contribution in [1.82, 2.24) is 10.3 Å². The Balaban J connectivity index is 1.30. The standard InChI is InChI=1S/C21H21N3O/c25-21(19-11-10-16-6-1-3-8-18(16)23-19)22-13-5-14-24-15-12-17-7-2-4-9-20(17)24/h1-4,6-11H,5,12-15H2,(H,22,25). The fourth-order valence-corrected chi connectivity index (χ4v) is 3.39. The Morgan fingerprint density at radius 1 is 1.04 bits per heavy atom. The Hall–Kier alpha value is -2.88. The van der Waals surface area contributed by atoms with E-state index in [1.54, 1.807) is 6.07 Å². The molecule has 4 rings (SSSR count). The van der Waals surface area contributed by atoms with Gasteiger partial charge in [-0.3, -0.25) is 4.79 Å². The van der Waals surface area contributed by atoms with Gasteiger partial charge in [-0.15, -0.1) is 0 Å².